The van der Waals surface area contributed by atoms with Crippen LogP contribution < -0.4 is 0 Å². The molecular formula is C15H23NO9. The van der Waals surface area contributed by atoms with Gasteiger partial charge in [0.15, 0.2) is 11.6 Å². The molecule has 1 fully saturated rings. The Labute approximate surface area is 144 Å². The molecule has 10 heteroatoms. The van der Waals surface area contributed by atoms with Gasteiger partial charge in [-0.25, -0.2) is 0 Å². The molecule has 1 aliphatic heterocycles. The van der Waals surface area contributed by atoms with Gasteiger partial charge >= 0.3 is 0 Å². The maximum absolute atomic E-state index is 12.6. The van der Waals surface area contributed by atoms with Crippen molar-refractivity contribution in [1.29, 1.82) is 0 Å². The number of ether oxygens (including phenoxy) is 1. The van der Waals surface area contributed by atoms with Gasteiger partial charge in [0, 0.05) is 20.8 Å². The summed E-state index contributed by atoms with van der Waals surface area (Å²) < 4.78 is 5.07. The van der Waals surface area contributed by atoms with E-state index < -0.39 is 59.1 Å². The van der Waals surface area contributed by atoms with Crippen LogP contribution in [0.1, 0.15) is 34.6 Å². The molecule has 25 heavy (non-hydrogen) atoms. The predicted octanol–water partition coefficient (Wildman–Crippen LogP) is -2.51. The molecular weight excluding hydrogens is 338 g/mol. The van der Waals surface area contributed by atoms with Gasteiger partial charge in [0.25, 0.3) is 5.79 Å². The highest BCUT2D eigenvalue weighted by atomic mass is 16.7. The lowest BCUT2D eigenvalue weighted by molar-refractivity contribution is -0.357. The molecule has 0 radical (unpaired) electrons. The van der Waals surface area contributed by atoms with Crippen molar-refractivity contribution in [2.45, 2.75) is 63.8 Å². The van der Waals surface area contributed by atoms with Gasteiger partial charge in [-0.05, 0) is 13.8 Å². The van der Waals surface area contributed by atoms with Crippen molar-refractivity contribution in [3.8, 4) is 0 Å². The Morgan fingerprint density at radius 2 is 1.44 bits per heavy atom. The first-order chi connectivity index (χ1) is 11.2. The van der Waals surface area contributed by atoms with E-state index in [1.807, 2.05) is 0 Å². The number of carbonyl (C=O) groups is 4. The van der Waals surface area contributed by atoms with Gasteiger partial charge in [-0.2, -0.15) is 0 Å². The molecule has 0 aliphatic carbocycles. The second-order valence-electron chi connectivity index (χ2n) is 6.27. The zero-order chi connectivity index (χ0) is 20.0. The van der Waals surface area contributed by atoms with Crippen molar-refractivity contribution >= 4 is 23.4 Å². The minimum atomic E-state index is -3.19. The summed E-state index contributed by atoms with van der Waals surface area (Å²) in [4.78, 5) is 49.1. The van der Waals surface area contributed by atoms with Crippen molar-refractivity contribution in [3.05, 3.63) is 0 Å². The molecule has 0 saturated carbocycles. The molecule has 142 valence electrons. The summed E-state index contributed by atoms with van der Waals surface area (Å²) in [7, 11) is 0. The smallest absolute Gasteiger partial charge is 0.261 e. The predicted molar refractivity (Wildman–Crippen MR) is 80.8 cm³/mol. The zero-order valence-electron chi connectivity index (χ0n) is 14.6. The van der Waals surface area contributed by atoms with Crippen LogP contribution in [0.25, 0.3) is 0 Å². The van der Waals surface area contributed by atoms with Gasteiger partial charge in [-0.15, -0.1) is 0 Å². The molecule has 10 nitrogen and oxygen atoms in total. The molecule has 0 aromatic heterocycles. The lowest BCUT2D eigenvalue weighted by Gasteiger charge is -2.60. The molecule has 0 spiro atoms. The Kier molecular flexibility index (Phi) is 5.58. The fourth-order valence-corrected chi connectivity index (χ4v) is 3.59. The lowest BCUT2D eigenvalue weighted by atomic mass is 9.63. The molecule has 0 bridgehead atoms. The van der Waals surface area contributed by atoms with Crippen LogP contribution in [0.4, 0.5) is 0 Å². The van der Waals surface area contributed by atoms with Crippen LogP contribution in [0, 0.1) is 0 Å². The van der Waals surface area contributed by atoms with Crippen molar-refractivity contribution in [2.75, 3.05) is 6.61 Å². The first-order valence-electron chi connectivity index (χ1n) is 7.48. The van der Waals surface area contributed by atoms with Gasteiger partial charge < -0.3 is 25.2 Å². The maximum atomic E-state index is 12.6. The lowest BCUT2D eigenvalue weighted by Crippen LogP contribution is -2.88. The Morgan fingerprint density at radius 1 is 1.00 bits per heavy atom. The number of amides is 2. The number of aliphatic hydroxyl groups excluding tert-OH is 2. The number of rotatable bonds is 4. The van der Waals surface area contributed by atoms with Crippen LogP contribution in [0.3, 0.4) is 0 Å². The van der Waals surface area contributed by atoms with E-state index in [2.05, 4.69) is 0 Å². The summed E-state index contributed by atoms with van der Waals surface area (Å²) in [6.07, 6.45) is -3.67. The number of Topliss-reactive ketones (excluding diaryl/α,β-unsaturated/α-hetero) is 2. The molecule has 1 heterocycles. The maximum Gasteiger partial charge on any atom is 0.261 e. The second-order valence-corrected chi connectivity index (χ2v) is 6.27. The van der Waals surface area contributed by atoms with Gasteiger partial charge in [0.2, 0.25) is 17.4 Å². The van der Waals surface area contributed by atoms with Gasteiger partial charge in [-0.1, -0.05) is 0 Å². The summed E-state index contributed by atoms with van der Waals surface area (Å²) in [5, 5.41) is 41.6. The number of nitrogens with zero attached hydrogens (tertiary/aromatic N) is 1. The molecule has 4 N–H and O–H groups in total. The van der Waals surface area contributed by atoms with Crippen LogP contribution in [-0.4, -0.2) is 84.4 Å². The fourth-order valence-electron chi connectivity index (χ4n) is 3.59. The van der Waals surface area contributed by atoms with E-state index in [0.717, 1.165) is 34.6 Å². The number of aliphatic hydroxyl groups is 4. The molecule has 1 saturated heterocycles. The van der Waals surface area contributed by atoms with E-state index in [9.17, 15) is 39.6 Å². The Balaban J connectivity index is 4.03. The van der Waals surface area contributed by atoms with Crippen LogP contribution in [-0.2, 0) is 23.9 Å². The number of ketones is 2. The minimum Gasteiger partial charge on any atom is -0.394 e. The monoisotopic (exact) mass is 361 g/mol. The van der Waals surface area contributed by atoms with E-state index in [1.165, 1.54) is 0 Å². The SMILES string of the molecule is CC(=O)N(C(C)=O)[C@@]1(C(C)=O)C(O)(C(C)=O)O[C@H](CO)[C@@H](O)[C@]1(C)O. The molecule has 1 unspecified atom stereocenters. The quantitative estimate of drug-likeness (QED) is 0.424. The van der Waals surface area contributed by atoms with Gasteiger partial charge in [0.1, 0.15) is 17.8 Å². The van der Waals surface area contributed by atoms with E-state index in [0.29, 0.717) is 0 Å². The van der Waals surface area contributed by atoms with Gasteiger partial charge in [-0.3, -0.25) is 24.1 Å². The molecule has 1 aliphatic rings. The van der Waals surface area contributed by atoms with Crippen molar-refractivity contribution in [3.63, 3.8) is 0 Å². The highest BCUT2D eigenvalue weighted by Crippen LogP contribution is 2.48. The van der Waals surface area contributed by atoms with E-state index in [-0.39, 0.29) is 4.90 Å². The number of hydrogen-bond donors (Lipinski definition) is 4. The van der Waals surface area contributed by atoms with E-state index in [1.54, 1.807) is 0 Å². The topological polar surface area (TPSA) is 162 Å². The van der Waals surface area contributed by atoms with Crippen LogP contribution in [0.15, 0.2) is 0 Å². The second kappa shape index (κ2) is 6.54. The summed E-state index contributed by atoms with van der Waals surface area (Å²) in [5.74, 6) is -7.70. The minimum absolute atomic E-state index is 0.202. The molecule has 1 rings (SSSR count). The average molecular weight is 361 g/mol. The largest absolute Gasteiger partial charge is 0.394 e. The number of imide groups is 1. The highest BCUT2D eigenvalue weighted by molar-refractivity contribution is 6.07. The first kappa shape index (κ1) is 21.3. The van der Waals surface area contributed by atoms with Gasteiger partial charge in [0.05, 0.1) is 6.61 Å². The third kappa shape index (κ3) is 2.61. The van der Waals surface area contributed by atoms with E-state index in [4.69, 9.17) is 4.74 Å². The first-order valence-corrected chi connectivity index (χ1v) is 7.48. The fraction of sp³-hybridized carbons (Fsp3) is 0.733. The third-order valence-corrected chi connectivity index (χ3v) is 4.60. The third-order valence-electron chi connectivity index (χ3n) is 4.60. The zero-order valence-corrected chi connectivity index (χ0v) is 14.6. The summed E-state index contributed by atoms with van der Waals surface area (Å²) in [6.45, 7) is 3.37. The Morgan fingerprint density at radius 3 is 1.72 bits per heavy atom. The molecule has 0 aromatic rings. The van der Waals surface area contributed by atoms with Crippen LogP contribution in [0.5, 0.6) is 0 Å². The summed E-state index contributed by atoms with van der Waals surface area (Å²) in [5.41, 5.74) is -5.68. The Hall–Kier alpha value is -1.72. The number of carbonyl (C=O) groups excluding carboxylic acids is 4. The molecule has 5 atom stereocenters. The molecule has 0 aromatic carbocycles. The highest BCUT2D eigenvalue weighted by Gasteiger charge is 2.78. The van der Waals surface area contributed by atoms with Crippen molar-refractivity contribution in [1.82, 2.24) is 4.90 Å². The van der Waals surface area contributed by atoms with E-state index >= 15 is 0 Å². The average Bonchev–Trinajstić information content (AvgIpc) is 2.45. The Bertz CT molecular complexity index is 602. The van der Waals surface area contributed by atoms with Crippen LogP contribution in [0.2, 0.25) is 0 Å². The standard InChI is InChI=1S/C15H23NO9/c1-7(18)14(16(9(3)20)10(4)21)13(5,23)12(22)11(6-17)25-15(14,24)8(2)19/h11-12,17,22-24H,6H2,1-5H3/t11-,12-,13+,14-,15?/m1/s1. The normalized spacial score (nSPS) is 38.1. The summed E-state index contributed by atoms with van der Waals surface area (Å²) >= 11 is 0. The van der Waals surface area contributed by atoms with Crippen molar-refractivity contribution in [2.24, 2.45) is 0 Å². The van der Waals surface area contributed by atoms with Crippen molar-refractivity contribution < 1.29 is 44.3 Å². The summed E-state index contributed by atoms with van der Waals surface area (Å²) in [6, 6.07) is 0. The van der Waals surface area contributed by atoms with Crippen LogP contribution >= 0.6 is 0 Å². The number of hydrogen-bond acceptors (Lipinski definition) is 9. The molecule has 2 amide bonds.